The summed E-state index contributed by atoms with van der Waals surface area (Å²) < 4.78 is 20.3. The number of alkyl carbamates (subject to hydrolysis) is 1. The number of carbonyl (C=O) groups excluding carboxylic acids is 2. The van der Waals surface area contributed by atoms with Crippen molar-refractivity contribution in [2.24, 2.45) is 5.73 Å². The summed E-state index contributed by atoms with van der Waals surface area (Å²) >= 11 is 0. The van der Waals surface area contributed by atoms with Crippen molar-refractivity contribution in [1.29, 1.82) is 0 Å². The molecular weight excluding hydrogens is 444 g/mol. The quantitative estimate of drug-likeness (QED) is 0.450. The number of nitrogens with two attached hydrogens (primary N) is 1. The number of carboxylic acids is 1. The first-order chi connectivity index (χ1) is 15.6. The largest absolute Gasteiger partial charge is 0.480 e. The number of benzene rings is 1. The predicted octanol–water partition coefficient (Wildman–Crippen LogP) is 2.87. The lowest BCUT2D eigenvalue weighted by molar-refractivity contribution is -0.147. The maximum atomic E-state index is 11.7. The number of carbonyl (C=O) groups is 3. The molecule has 0 spiro atoms. The van der Waals surface area contributed by atoms with E-state index in [0.29, 0.717) is 0 Å². The summed E-state index contributed by atoms with van der Waals surface area (Å²) in [6, 6.07) is 7.28. The average molecular weight is 485 g/mol. The van der Waals surface area contributed by atoms with Crippen LogP contribution in [0.5, 0.6) is 0 Å². The summed E-state index contributed by atoms with van der Waals surface area (Å²) in [6.07, 6.45) is -1.48. The fourth-order valence-electron chi connectivity index (χ4n) is 2.46. The van der Waals surface area contributed by atoms with Crippen LogP contribution in [0.15, 0.2) is 30.3 Å². The fourth-order valence-corrected chi connectivity index (χ4v) is 2.46. The molecule has 0 aliphatic carbocycles. The molecule has 0 aliphatic heterocycles. The Morgan fingerprint density at radius 1 is 1.03 bits per heavy atom. The van der Waals surface area contributed by atoms with E-state index in [0.717, 1.165) is 5.56 Å². The molecule has 0 bridgehead atoms. The molecule has 0 aromatic heterocycles. The molecule has 1 rings (SSSR count). The Morgan fingerprint density at radius 2 is 1.59 bits per heavy atom. The molecular formula is C24H40N2O8. The van der Waals surface area contributed by atoms with Crippen molar-refractivity contribution >= 4 is 18.0 Å². The highest BCUT2D eigenvalue weighted by Crippen LogP contribution is 2.13. The summed E-state index contributed by atoms with van der Waals surface area (Å²) in [4.78, 5) is 33.8. The van der Waals surface area contributed by atoms with E-state index in [2.05, 4.69) is 10.1 Å². The van der Waals surface area contributed by atoms with Gasteiger partial charge in [-0.05, 0) is 54.0 Å². The van der Waals surface area contributed by atoms with Crippen LogP contribution >= 0.6 is 0 Å². The van der Waals surface area contributed by atoms with E-state index in [-0.39, 0.29) is 18.8 Å². The van der Waals surface area contributed by atoms with E-state index in [1.54, 1.807) is 6.92 Å². The summed E-state index contributed by atoms with van der Waals surface area (Å²) in [5.41, 5.74) is 5.47. The molecule has 0 unspecified atom stereocenters. The Bertz CT molecular complexity index is 756. The number of aliphatic carboxylic acids is 1. The van der Waals surface area contributed by atoms with Gasteiger partial charge in [-0.25, -0.2) is 9.59 Å². The van der Waals surface area contributed by atoms with Crippen molar-refractivity contribution in [2.45, 2.75) is 84.5 Å². The second kappa shape index (κ2) is 14.5. The topological polar surface area (TPSA) is 146 Å². The Morgan fingerprint density at radius 3 is 2.03 bits per heavy atom. The summed E-state index contributed by atoms with van der Waals surface area (Å²) in [5, 5.41) is 11.5. The Hall–Kier alpha value is -2.69. The third kappa shape index (κ3) is 15.2. The van der Waals surface area contributed by atoms with Gasteiger partial charge in [0.2, 0.25) is 0 Å². The molecule has 10 heteroatoms. The van der Waals surface area contributed by atoms with E-state index in [9.17, 15) is 19.5 Å². The molecule has 0 heterocycles. The summed E-state index contributed by atoms with van der Waals surface area (Å²) in [5.74, 6) is -1.62. The van der Waals surface area contributed by atoms with Gasteiger partial charge in [0.15, 0.2) is 6.04 Å². The molecule has 0 saturated carbocycles. The number of hydrogen-bond acceptors (Lipinski definition) is 8. The number of methoxy groups -OCH3 is 1. The summed E-state index contributed by atoms with van der Waals surface area (Å²) in [6.45, 7) is 13.0. The average Bonchev–Trinajstić information content (AvgIpc) is 2.72. The van der Waals surface area contributed by atoms with Crippen LogP contribution in [0.4, 0.5) is 4.79 Å². The monoisotopic (exact) mass is 484 g/mol. The van der Waals surface area contributed by atoms with Crippen LogP contribution in [0.3, 0.4) is 0 Å². The Kier molecular flexibility index (Phi) is 13.4. The number of hydrogen-bond donors (Lipinski definition) is 3. The van der Waals surface area contributed by atoms with E-state index in [1.807, 2.05) is 71.9 Å². The first kappa shape index (κ1) is 31.3. The third-order valence-corrected chi connectivity index (χ3v) is 3.96. The Labute approximate surface area is 202 Å². The van der Waals surface area contributed by atoms with Crippen molar-refractivity contribution < 1.29 is 38.4 Å². The van der Waals surface area contributed by atoms with Crippen molar-refractivity contribution in [3.05, 3.63) is 35.9 Å². The first-order valence-corrected chi connectivity index (χ1v) is 10.9. The second-order valence-corrected chi connectivity index (χ2v) is 9.51. The zero-order valence-electron chi connectivity index (χ0n) is 21.4. The fraction of sp³-hybridized carbons (Fsp3) is 0.625. The van der Waals surface area contributed by atoms with Gasteiger partial charge in [-0.15, -0.1) is 0 Å². The molecule has 34 heavy (non-hydrogen) atoms. The highest BCUT2D eigenvalue weighted by Gasteiger charge is 2.30. The molecule has 0 aliphatic rings. The second-order valence-electron chi connectivity index (χ2n) is 9.51. The lowest BCUT2D eigenvalue weighted by atomic mass is 10.1. The van der Waals surface area contributed by atoms with Crippen LogP contribution in [-0.4, -0.2) is 66.2 Å². The summed E-state index contributed by atoms with van der Waals surface area (Å²) in [7, 11) is 1.30. The number of esters is 1. The van der Waals surface area contributed by atoms with Crippen LogP contribution in [0, 0.1) is 0 Å². The lowest BCUT2D eigenvalue weighted by Crippen LogP contribution is -2.50. The zero-order valence-corrected chi connectivity index (χ0v) is 21.4. The molecule has 0 fully saturated rings. The minimum absolute atomic E-state index is 0.0769. The predicted molar refractivity (Wildman–Crippen MR) is 127 cm³/mol. The number of carboxylic acid groups (broad SMARTS) is 1. The molecule has 10 nitrogen and oxygen atoms in total. The van der Waals surface area contributed by atoms with Gasteiger partial charge in [0.05, 0.1) is 31.0 Å². The van der Waals surface area contributed by atoms with Crippen LogP contribution in [0.25, 0.3) is 0 Å². The van der Waals surface area contributed by atoms with E-state index < -0.39 is 41.8 Å². The highest BCUT2D eigenvalue weighted by molar-refractivity contribution is 5.80. The van der Waals surface area contributed by atoms with Crippen molar-refractivity contribution in [2.75, 3.05) is 13.7 Å². The van der Waals surface area contributed by atoms with Crippen molar-refractivity contribution in [1.82, 2.24) is 5.32 Å². The first-order valence-electron chi connectivity index (χ1n) is 10.9. The van der Waals surface area contributed by atoms with Crippen molar-refractivity contribution in [3.63, 3.8) is 0 Å². The van der Waals surface area contributed by atoms with Gasteiger partial charge in [0.25, 0.3) is 0 Å². The van der Waals surface area contributed by atoms with Gasteiger partial charge in [0.1, 0.15) is 12.6 Å². The normalized spacial score (nSPS) is 14.0. The number of rotatable bonds is 9. The molecule has 1 amide bonds. The molecule has 1 aromatic carbocycles. The van der Waals surface area contributed by atoms with Gasteiger partial charge in [-0.2, -0.15) is 0 Å². The van der Waals surface area contributed by atoms with Gasteiger partial charge < -0.3 is 35.1 Å². The van der Waals surface area contributed by atoms with Crippen LogP contribution in [0.1, 0.15) is 54.0 Å². The van der Waals surface area contributed by atoms with Crippen molar-refractivity contribution in [3.8, 4) is 0 Å². The van der Waals surface area contributed by atoms with Gasteiger partial charge in [-0.1, -0.05) is 30.3 Å². The molecule has 4 N–H and O–H groups in total. The van der Waals surface area contributed by atoms with E-state index in [1.165, 1.54) is 7.11 Å². The van der Waals surface area contributed by atoms with E-state index >= 15 is 0 Å². The third-order valence-electron chi connectivity index (χ3n) is 3.96. The number of nitrogens with one attached hydrogen (secondary N) is 1. The zero-order chi connectivity index (χ0) is 26.5. The van der Waals surface area contributed by atoms with E-state index in [4.69, 9.17) is 19.9 Å². The maximum Gasteiger partial charge on any atom is 0.408 e. The molecule has 1 aromatic rings. The SMILES string of the molecule is COC(=O)[C@@H](N)COC(C)(C)C.C[C@@H](OC(C)(C)C)[C@H](NC(=O)OCc1ccccc1)C(=O)O. The van der Waals surface area contributed by atoms with Gasteiger partial charge in [0, 0.05) is 0 Å². The van der Waals surface area contributed by atoms with Gasteiger partial charge >= 0.3 is 18.0 Å². The van der Waals surface area contributed by atoms with Crippen LogP contribution in [-0.2, 0) is 35.1 Å². The van der Waals surface area contributed by atoms with Crippen LogP contribution < -0.4 is 11.1 Å². The lowest BCUT2D eigenvalue weighted by Gasteiger charge is -2.29. The standard InChI is InChI=1S/C16H23NO5.C8H17NO3/c1-11(22-16(2,3)4)13(14(18)19)17-15(20)21-10-12-8-6-5-7-9-12;1-8(2,3)12-5-6(9)7(10)11-4/h5-9,11,13H,10H2,1-4H3,(H,17,20)(H,18,19);6H,5,9H2,1-4H3/t11-,13+;6-/m10/s1. The molecule has 3 atom stereocenters. The van der Waals surface area contributed by atoms with Crippen LogP contribution in [0.2, 0.25) is 0 Å². The minimum Gasteiger partial charge on any atom is -0.480 e. The Balaban J connectivity index is 0.000000770. The molecule has 0 saturated heterocycles. The smallest absolute Gasteiger partial charge is 0.408 e. The van der Waals surface area contributed by atoms with Gasteiger partial charge in [-0.3, -0.25) is 4.79 Å². The molecule has 0 radical (unpaired) electrons. The maximum absolute atomic E-state index is 11.7. The number of amides is 1. The molecule has 194 valence electrons. The minimum atomic E-state index is -1.18. The number of ether oxygens (including phenoxy) is 4. The highest BCUT2D eigenvalue weighted by atomic mass is 16.6.